The Morgan fingerprint density at radius 2 is 2.16 bits per heavy atom. The average Bonchev–Trinajstić information content (AvgIpc) is 3.19. The van der Waals surface area contributed by atoms with Crippen molar-refractivity contribution in [1.29, 1.82) is 0 Å². The van der Waals surface area contributed by atoms with Crippen molar-refractivity contribution >= 4 is 33.2 Å². The zero-order chi connectivity index (χ0) is 18.0. The van der Waals surface area contributed by atoms with E-state index in [1.54, 1.807) is 23.3 Å². The lowest BCUT2D eigenvalue weighted by molar-refractivity contribution is -0.384. The number of hydrogen-bond donors (Lipinski definition) is 2. The first kappa shape index (κ1) is 16.6. The van der Waals surface area contributed by atoms with Gasteiger partial charge >= 0.3 is 0 Å². The molecule has 0 unspecified atom stereocenters. The van der Waals surface area contributed by atoms with Gasteiger partial charge in [0.2, 0.25) is 0 Å². The molecular formula is C14H11BrN6O4. The van der Waals surface area contributed by atoms with E-state index < -0.39 is 10.8 Å². The van der Waals surface area contributed by atoms with Crippen LogP contribution in [0.15, 0.2) is 47.3 Å². The molecule has 10 nitrogen and oxygen atoms in total. The van der Waals surface area contributed by atoms with Gasteiger partial charge in [0.25, 0.3) is 11.6 Å². The first-order chi connectivity index (χ1) is 11.9. The second-order valence-corrected chi connectivity index (χ2v) is 5.91. The van der Waals surface area contributed by atoms with Crippen LogP contribution < -0.4 is 5.32 Å². The van der Waals surface area contributed by atoms with Crippen LogP contribution in [0.3, 0.4) is 0 Å². The second-order valence-electron chi connectivity index (χ2n) is 4.99. The van der Waals surface area contributed by atoms with Crippen molar-refractivity contribution in [2.75, 3.05) is 5.32 Å². The lowest BCUT2D eigenvalue weighted by Crippen LogP contribution is -2.15. The maximum atomic E-state index is 12.2. The summed E-state index contributed by atoms with van der Waals surface area (Å²) in [6, 6.07) is 4.84. The number of hydrogen-bond acceptors (Lipinski definition) is 6. The van der Waals surface area contributed by atoms with Crippen LogP contribution in [0, 0.1) is 10.1 Å². The number of carbonyl (C=O) groups excluding carboxylic acids is 1. The Morgan fingerprint density at radius 3 is 2.84 bits per heavy atom. The molecule has 0 bridgehead atoms. The Labute approximate surface area is 149 Å². The number of aromatic hydroxyl groups is 1. The molecule has 0 saturated carbocycles. The van der Waals surface area contributed by atoms with Crippen LogP contribution in [0.25, 0.3) is 0 Å². The molecule has 0 aliphatic carbocycles. The summed E-state index contributed by atoms with van der Waals surface area (Å²) < 4.78 is 3.94. The molecule has 11 heteroatoms. The zero-order valence-corrected chi connectivity index (χ0v) is 14.1. The number of non-ortho nitro benzene ring substituents is 1. The first-order valence-electron chi connectivity index (χ1n) is 6.92. The Balaban J connectivity index is 1.74. The number of carbonyl (C=O) groups is 1. The number of amides is 1. The number of phenolic OH excluding ortho intramolecular Hbond substituents is 1. The smallest absolute Gasteiger partial charge is 0.276 e. The molecule has 3 aromatic rings. The van der Waals surface area contributed by atoms with Gasteiger partial charge in [-0.15, -0.1) is 0 Å². The number of rotatable bonds is 5. The molecule has 0 atom stereocenters. The molecule has 1 aromatic carbocycles. The second kappa shape index (κ2) is 6.73. The zero-order valence-electron chi connectivity index (χ0n) is 12.5. The minimum atomic E-state index is -0.619. The minimum absolute atomic E-state index is 0.0650. The first-order valence-corrected chi connectivity index (χ1v) is 7.72. The highest BCUT2D eigenvalue weighted by Gasteiger charge is 2.15. The number of anilines is 1. The van der Waals surface area contributed by atoms with Crippen molar-refractivity contribution in [3.05, 3.63) is 63.1 Å². The Morgan fingerprint density at radius 1 is 1.36 bits per heavy atom. The van der Waals surface area contributed by atoms with Gasteiger partial charge in [-0.1, -0.05) is 0 Å². The van der Waals surface area contributed by atoms with Crippen molar-refractivity contribution in [1.82, 2.24) is 19.6 Å². The van der Waals surface area contributed by atoms with Crippen LogP contribution in [0.5, 0.6) is 5.75 Å². The number of aromatic nitrogens is 4. The van der Waals surface area contributed by atoms with Gasteiger partial charge in [0, 0.05) is 24.5 Å². The molecule has 1 amide bonds. The van der Waals surface area contributed by atoms with E-state index in [1.165, 1.54) is 10.7 Å². The molecule has 0 fully saturated rings. The highest BCUT2D eigenvalue weighted by molar-refractivity contribution is 9.10. The lowest BCUT2D eigenvalue weighted by atomic mass is 10.2. The van der Waals surface area contributed by atoms with Gasteiger partial charge in [-0.25, -0.2) is 4.68 Å². The molecule has 0 aliphatic rings. The van der Waals surface area contributed by atoms with Crippen LogP contribution in [0.2, 0.25) is 0 Å². The Kier molecular flexibility index (Phi) is 4.48. The van der Waals surface area contributed by atoms with Gasteiger partial charge < -0.3 is 10.4 Å². The number of phenols is 1. The largest absolute Gasteiger partial charge is 0.506 e. The highest BCUT2D eigenvalue weighted by atomic mass is 79.9. The van der Waals surface area contributed by atoms with Gasteiger partial charge in [0.1, 0.15) is 12.4 Å². The Bertz CT molecular complexity index is 950. The fraction of sp³-hybridized carbons (Fsp3) is 0.0714. The van der Waals surface area contributed by atoms with Gasteiger partial charge in [-0.2, -0.15) is 10.2 Å². The number of benzene rings is 1. The van der Waals surface area contributed by atoms with Crippen molar-refractivity contribution < 1.29 is 14.8 Å². The third-order valence-corrected chi connectivity index (χ3v) is 3.61. The molecule has 128 valence electrons. The topological polar surface area (TPSA) is 128 Å². The van der Waals surface area contributed by atoms with Gasteiger partial charge in [-0.3, -0.25) is 19.6 Å². The van der Waals surface area contributed by atoms with E-state index in [0.29, 0.717) is 6.67 Å². The molecule has 3 rings (SSSR count). The third kappa shape index (κ3) is 3.83. The van der Waals surface area contributed by atoms with E-state index in [2.05, 4.69) is 31.4 Å². The summed E-state index contributed by atoms with van der Waals surface area (Å²) in [7, 11) is 0. The maximum Gasteiger partial charge on any atom is 0.276 e. The molecule has 2 heterocycles. The number of nitrogens with zero attached hydrogens (tertiary/aromatic N) is 5. The number of nitro benzene ring substituents is 1. The van der Waals surface area contributed by atoms with Crippen molar-refractivity contribution in [2.24, 2.45) is 0 Å². The van der Waals surface area contributed by atoms with E-state index in [0.717, 1.165) is 22.7 Å². The average molecular weight is 407 g/mol. The fourth-order valence-electron chi connectivity index (χ4n) is 2.05. The van der Waals surface area contributed by atoms with Crippen molar-refractivity contribution in [3.63, 3.8) is 0 Å². The minimum Gasteiger partial charge on any atom is -0.506 e. The van der Waals surface area contributed by atoms with Crippen LogP contribution in [0.4, 0.5) is 11.4 Å². The molecule has 0 saturated heterocycles. The van der Waals surface area contributed by atoms with E-state index in [1.807, 2.05) is 0 Å². The summed E-state index contributed by atoms with van der Waals surface area (Å²) in [4.78, 5) is 22.4. The van der Waals surface area contributed by atoms with E-state index in [4.69, 9.17) is 0 Å². The third-order valence-electron chi connectivity index (χ3n) is 3.20. The number of nitrogens with one attached hydrogen (secondary N) is 1. The summed E-state index contributed by atoms with van der Waals surface area (Å²) in [6.45, 7) is 0.306. The molecule has 25 heavy (non-hydrogen) atoms. The molecule has 2 aromatic heterocycles. The molecule has 0 aliphatic heterocycles. The molecule has 2 N–H and O–H groups in total. The van der Waals surface area contributed by atoms with Crippen LogP contribution >= 0.6 is 15.9 Å². The molecule has 0 spiro atoms. The lowest BCUT2D eigenvalue weighted by Gasteiger charge is -2.05. The van der Waals surface area contributed by atoms with Crippen LogP contribution in [-0.4, -0.2) is 35.5 Å². The van der Waals surface area contributed by atoms with Crippen molar-refractivity contribution in [2.45, 2.75) is 6.67 Å². The number of nitro groups is 1. The standard InChI is InChI=1S/C14H11BrN6O4/c15-9-6-16-20(7-9)8-19-4-3-11(18-19)14(23)17-12-5-10(21(24)25)1-2-13(12)22/h1-7,22H,8H2,(H,17,23). The predicted molar refractivity (Wildman–Crippen MR) is 90.3 cm³/mol. The van der Waals surface area contributed by atoms with Crippen molar-refractivity contribution in [3.8, 4) is 5.75 Å². The molecule has 0 radical (unpaired) electrons. The summed E-state index contributed by atoms with van der Waals surface area (Å²) in [5, 5.41) is 31.1. The van der Waals surface area contributed by atoms with E-state index >= 15 is 0 Å². The highest BCUT2D eigenvalue weighted by Crippen LogP contribution is 2.28. The summed E-state index contributed by atoms with van der Waals surface area (Å²) in [6.07, 6.45) is 4.97. The van der Waals surface area contributed by atoms with Crippen LogP contribution in [-0.2, 0) is 6.67 Å². The van der Waals surface area contributed by atoms with E-state index in [9.17, 15) is 20.0 Å². The van der Waals surface area contributed by atoms with Gasteiger partial charge in [-0.05, 0) is 28.1 Å². The maximum absolute atomic E-state index is 12.2. The monoisotopic (exact) mass is 406 g/mol. The Hall–Kier alpha value is -3.21. The van der Waals surface area contributed by atoms with Gasteiger partial charge in [0.05, 0.1) is 21.3 Å². The van der Waals surface area contributed by atoms with Gasteiger partial charge in [0.15, 0.2) is 5.69 Å². The fourth-order valence-corrected chi connectivity index (χ4v) is 2.38. The summed E-state index contributed by atoms with van der Waals surface area (Å²) in [5.74, 6) is -0.879. The SMILES string of the molecule is O=C(Nc1cc([N+](=O)[O-])ccc1O)c1ccn(Cn2cc(Br)cn2)n1. The van der Waals surface area contributed by atoms with Crippen LogP contribution in [0.1, 0.15) is 10.5 Å². The number of halogens is 1. The quantitative estimate of drug-likeness (QED) is 0.379. The van der Waals surface area contributed by atoms with E-state index in [-0.39, 0.29) is 22.8 Å². The predicted octanol–water partition coefficient (Wildman–Crippen LogP) is 2.21. The normalized spacial score (nSPS) is 10.6. The summed E-state index contributed by atoms with van der Waals surface area (Å²) >= 11 is 3.28. The molecular weight excluding hydrogens is 396 g/mol. The summed E-state index contributed by atoms with van der Waals surface area (Å²) in [5.41, 5.74) is -0.218.